The third-order valence-corrected chi connectivity index (χ3v) is 29.2. The van der Waals surface area contributed by atoms with Crippen molar-refractivity contribution in [1.82, 2.24) is 0 Å². The highest BCUT2D eigenvalue weighted by Gasteiger charge is 2.69. The van der Waals surface area contributed by atoms with Crippen LogP contribution in [0.1, 0.15) is 142 Å². The Morgan fingerprint density at radius 2 is 1.44 bits per heavy atom. The lowest BCUT2D eigenvalue weighted by molar-refractivity contribution is -0.292. The molecule has 9 saturated heterocycles. The second kappa shape index (κ2) is 23.7. The maximum absolute atomic E-state index is 14.9. The zero-order valence-corrected chi connectivity index (χ0v) is 52.3. The molecule has 9 aliphatic rings. The van der Waals surface area contributed by atoms with Crippen LogP contribution in [0.3, 0.4) is 0 Å². The summed E-state index contributed by atoms with van der Waals surface area (Å²) in [6, 6.07) is 8.78. The summed E-state index contributed by atoms with van der Waals surface area (Å²) in [7, 11) is -6.76. The van der Waals surface area contributed by atoms with E-state index < -0.39 is 99.5 Å². The fraction of sp³-hybridized carbons (Fsp3) is 0.800. The molecular weight excluding hydrogens is 1060 g/mol. The molecule has 0 aromatic heterocycles. The SMILES string of the molecule is C=C1C[C@@H](OC(=O)c2ccccc2)CC[C@@]23CC4OC5C(O2)[C@H]2OC(CCC2O[C@H]5C4O3)CC(=O)CC2[C@@H](OC)C(CC(CO[Si](C)(C)C(C)(C)C)O[Si](C)(C)C(C)(C)C)O[C@H]2CC2OC(CCC1OS(C)(=O)=O)CC(C)C2=C. The fourth-order valence-corrected chi connectivity index (χ4v) is 16.2. The maximum Gasteiger partial charge on any atom is 0.338 e. The predicted octanol–water partition coefficient (Wildman–Crippen LogP) is 10.3. The molecule has 19 atom stereocenters. The van der Waals surface area contributed by atoms with Crippen molar-refractivity contribution in [3.05, 3.63) is 60.2 Å². The van der Waals surface area contributed by atoms with Gasteiger partial charge in [-0.1, -0.05) is 79.8 Å². The van der Waals surface area contributed by atoms with Gasteiger partial charge in [0.15, 0.2) is 22.4 Å². The Labute approximate surface area is 473 Å². The number of carbonyl (C=O) groups is 2. The van der Waals surface area contributed by atoms with Gasteiger partial charge in [0.05, 0.1) is 79.5 Å². The minimum atomic E-state index is -3.97. The lowest BCUT2D eigenvalue weighted by Crippen LogP contribution is -2.61. The van der Waals surface area contributed by atoms with Crippen molar-refractivity contribution in [3.63, 3.8) is 0 Å². The smallest absolute Gasteiger partial charge is 0.338 e. The summed E-state index contributed by atoms with van der Waals surface area (Å²) >= 11 is 0. The van der Waals surface area contributed by atoms with E-state index in [9.17, 15) is 18.0 Å². The van der Waals surface area contributed by atoms with E-state index in [1.807, 2.05) is 6.07 Å². The van der Waals surface area contributed by atoms with E-state index in [0.717, 1.165) is 11.8 Å². The highest BCUT2D eigenvalue weighted by atomic mass is 32.2. The normalized spacial score (nSPS) is 39.2. The number of carbonyl (C=O) groups excluding carboxylic acids is 2. The lowest BCUT2D eigenvalue weighted by Gasteiger charge is -2.47. The molecule has 1 aromatic rings. The zero-order valence-electron chi connectivity index (χ0n) is 49.5. The van der Waals surface area contributed by atoms with Crippen molar-refractivity contribution >= 4 is 38.5 Å². The number of methoxy groups -OCH3 is 1. The van der Waals surface area contributed by atoms with Crippen molar-refractivity contribution < 1.29 is 73.7 Å². The number of ketones is 1. The van der Waals surface area contributed by atoms with Gasteiger partial charge in [-0.25, -0.2) is 4.79 Å². The Kier molecular flexibility index (Phi) is 18.4. The monoisotopic (exact) mass is 1160 g/mol. The van der Waals surface area contributed by atoms with Crippen LogP contribution < -0.4 is 0 Å². The maximum atomic E-state index is 14.9. The molecule has 0 saturated carbocycles. The van der Waals surface area contributed by atoms with E-state index in [-0.39, 0.29) is 90.0 Å². The van der Waals surface area contributed by atoms with Crippen LogP contribution >= 0.6 is 0 Å². The first-order valence-electron chi connectivity index (χ1n) is 29.4. The molecule has 9 fully saturated rings. The first kappa shape index (κ1) is 61.3. The summed E-state index contributed by atoms with van der Waals surface area (Å²) in [5.41, 5.74) is 1.79. The minimum absolute atomic E-state index is 0.00416. The summed E-state index contributed by atoms with van der Waals surface area (Å²) in [5.74, 6) is -1.85. The second-order valence-corrected chi connectivity index (χ2v) is 38.7. The van der Waals surface area contributed by atoms with Crippen molar-refractivity contribution in [3.8, 4) is 0 Å². The molecule has 16 nitrogen and oxygen atoms in total. The lowest BCUT2D eigenvalue weighted by atomic mass is 9.81. The van der Waals surface area contributed by atoms with Crippen molar-refractivity contribution in [2.45, 2.75) is 272 Å². The van der Waals surface area contributed by atoms with Gasteiger partial charge >= 0.3 is 5.97 Å². The third kappa shape index (κ3) is 13.8. The summed E-state index contributed by atoms with van der Waals surface area (Å²) in [6.45, 7) is 34.1. The van der Waals surface area contributed by atoms with E-state index in [1.54, 1.807) is 31.4 Å². The van der Waals surface area contributed by atoms with Gasteiger partial charge in [0.2, 0.25) is 0 Å². The quantitative estimate of drug-likeness (QED) is 0.0834. The average Bonchev–Trinajstić information content (AvgIpc) is 3.97. The van der Waals surface area contributed by atoms with E-state index in [2.05, 4.69) is 87.8 Å². The molecule has 19 heteroatoms. The van der Waals surface area contributed by atoms with Crippen LogP contribution in [-0.4, -0.2) is 160 Å². The summed E-state index contributed by atoms with van der Waals surface area (Å²) < 4.78 is 108. The number of ether oxygens (including phenoxy) is 9. The molecule has 0 aliphatic carbocycles. The van der Waals surface area contributed by atoms with Gasteiger partial charge in [-0.05, 0) is 104 Å². The largest absolute Gasteiger partial charge is 0.458 e. The molecular formula is C60H94O16SSi2. The van der Waals surface area contributed by atoms with Gasteiger partial charge in [-0.15, -0.1) is 0 Å². The first-order chi connectivity index (χ1) is 36.9. The molecule has 13 unspecified atom stereocenters. The number of Topliss-reactive ketones (excluding diaryl/α,β-unsaturated/α-hetero) is 1. The van der Waals surface area contributed by atoms with Crippen LogP contribution in [0, 0.1) is 11.8 Å². The highest BCUT2D eigenvalue weighted by Crippen LogP contribution is 2.54. The molecule has 1 spiro atoms. The van der Waals surface area contributed by atoms with Crippen LogP contribution in [-0.2, 0) is 70.6 Å². The standard InChI is InChI=1S/C60H94O16SSi2/c1-35-27-40-21-23-45(75-77(11,63)64)36(2)28-42(69-57(62)38-19-17-16-18-20-38)25-26-60-33-50-53(73-60)54-55(72-50)56(74-60)52-46(71-54)24-22-41(68-52)29-39(61)30-44-48(32-47(67-40)37(35)3)70-49(51(44)65-10)31-43(76-79(14,15)59(7,8)9)34-66-78(12,13)58(4,5)6/h16-20,35,40-56H,2-3,21-34H2,1,4-15H3/t35?,40?,41?,42-,43?,44?,45?,46?,47?,48-,49?,50?,51+,52-,53?,54-,55?,56?,60-/m0/s1. The third-order valence-electron chi connectivity index (χ3n) is 19.6. The Hall–Kier alpha value is -2.22. The van der Waals surface area contributed by atoms with E-state index >= 15 is 0 Å². The van der Waals surface area contributed by atoms with Crippen LogP contribution in [0.2, 0.25) is 36.3 Å². The van der Waals surface area contributed by atoms with Gasteiger partial charge in [0, 0.05) is 58.0 Å². The van der Waals surface area contributed by atoms with Gasteiger partial charge in [0.1, 0.15) is 42.4 Å². The topological polar surface area (TPSA) is 179 Å². The highest BCUT2D eigenvalue weighted by molar-refractivity contribution is 7.86. The average molecular weight is 1160 g/mol. The molecule has 0 radical (unpaired) electrons. The molecule has 10 bridgehead atoms. The van der Waals surface area contributed by atoms with Gasteiger partial charge in [-0.2, -0.15) is 8.42 Å². The molecule has 444 valence electrons. The zero-order chi connectivity index (χ0) is 57.2. The number of esters is 1. The molecule has 9 heterocycles. The Bertz CT molecular complexity index is 2460. The molecule has 10 rings (SSSR count). The molecule has 1 aromatic carbocycles. The van der Waals surface area contributed by atoms with Gasteiger partial charge in [0.25, 0.3) is 10.1 Å². The summed E-state index contributed by atoms with van der Waals surface area (Å²) in [6.07, 6.45) is -0.958. The van der Waals surface area contributed by atoms with Crippen LogP contribution in [0.15, 0.2) is 54.6 Å². The van der Waals surface area contributed by atoms with E-state index in [1.165, 1.54) is 0 Å². The number of hydrogen-bond acceptors (Lipinski definition) is 16. The molecule has 9 aliphatic heterocycles. The van der Waals surface area contributed by atoms with E-state index in [4.69, 9.17) is 55.7 Å². The number of rotatable bonds is 12. The van der Waals surface area contributed by atoms with E-state index in [0.29, 0.717) is 75.5 Å². The van der Waals surface area contributed by atoms with Crippen LogP contribution in [0.4, 0.5) is 0 Å². The van der Waals surface area contributed by atoms with Crippen molar-refractivity contribution in [1.29, 1.82) is 0 Å². The Balaban J connectivity index is 1.03. The molecule has 0 amide bonds. The second-order valence-electron chi connectivity index (χ2n) is 27.5. The Morgan fingerprint density at radius 3 is 2.13 bits per heavy atom. The van der Waals surface area contributed by atoms with Crippen LogP contribution in [0.5, 0.6) is 0 Å². The Morgan fingerprint density at radius 1 is 0.772 bits per heavy atom. The van der Waals surface area contributed by atoms with Gasteiger partial charge < -0.3 is 51.5 Å². The summed E-state index contributed by atoms with van der Waals surface area (Å²) in [4.78, 5) is 28.7. The first-order valence-corrected chi connectivity index (χ1v) is 37.0. The number of benzene rings is 1. The summed E-state index contributed by atoms with van der Waals surface area (Å²) in [5, 5.41) is -0.0604. The van der Waals surface area contributed by atoms with Gasteiger partial charge in [-0.3, -0.25) is 8.98 Å². The molecule has 79 heavy (non-hydrogen) atoms. The van der Waals surface area contributed by atoms with Crippen molar-refractivity contribution in [2.75, 3.05) is 20.0 Å². The minimum Gasteiger partial charge on any atom is -0.458 e. The number of hydrogen-bond donors (Lipinski definition) is 0. The van der Waals surface area contributed by atoms with Crippen LogP contribution in [0.25, 0.3) is 0 Å². The number of fused-ring (bicyclic) bond motifs is 4. The molecule has 0 N–H and O–H groups in total. The van der Waals surface area contributed by atoms with Crippen molar-refractivity contribution in [2.24, 2.45) is 11.8 Å². The predicted molar refractivity (Wildman–Crippen MR) is 303 cm³/mol. The fourth-order valence-electron chi connectivity index (χ4n) is 13.1.